The van der Waals surface area contributed by atoms with Crippen LogP contribution in [0, 0.1) is 0 Å². The van der Waals surface area contributed by atoms with E-state index in [-0.39, 0.29) is 5.41 Å². The minimum Gasteiger partial charge on any atom is -0.465 e. The molecule has 0 radical (unpaired) electrons. The molecule has 3 rings (SSSR count). The first kappa shape index (κ1) is 19.5. The lowest BCUT2D eigenvalue weighted by Gasteiger charge is -2.19. The van der Waals surface area contributed by atoms with Crippen molar-refractivity contribution in [3.63, 3.8) is 0 Å². The van der Waals surface area contributed by atoms with Gasteiger partial charge in [0.25, 0.3) is 0 Å². The molecule has 0 saturated carbocycles. The molecule has 5 nitrogen and oxygen atoms in total. The molecule has 28 heavy (non-hydrogen) atoms. The number of esters is 1. The molecular formula is C23H25N3O2. The highest BCUT2D eigenvalue weighted by atomic mass is 16.5. The number of ether oxygens (including phenoxy) is 1. The zero-order chi connectivity index (χ0) is 20.1. The molecule has 0 aliphatic rings. The number of methoxy groups -OCH3 is 1. The van der Waals surface area contributed by atoms with Crippen LogP contribution in [-0.2, 0) is 21.5 Å². The van der Waals surface area contributed by atoms with Gasteiger partial charge in [-0.1, -0.05) is 80.6 Å². The van der Waals surface area contributed by atoms with Crippen molar-refractivity contribution in [2.24, 2.45) is 0 Å². The first-order valence-corrected chi connectivity index (χ1v) is 9.22. The zero-order valence-corrected chi connectivity index (χ0v) is 16.7. The Kier molecular flexibility index (Phi) is 5.73. The van der Waals surface area contributed by atoms with Crippen LogP contribution in [0.1, 0.15) is 43.2 Å². The van der Waals surface area contributed by atoms with Crippen LogP contribution in [0.4, 0.5) is 0 Å². The number of benzene rings is 2. The molecule has 0 amide bonds. The van der Waals surface area contributed by atoms with Gasteiger partial charge in [-0.15, -0.1) is 5.10 Å². The lowest BCUT2D eigenvalue weighted by molar-refractivity contribution is -0.133. The average Bonchev–Trinajstić information content (AvgIpc) is 3.14. The maximum Gasteiger partial charge on any atom is 0.340 e. The van der Waals surface area contributed by atoms with Gasteiger partial charge in [-0.05, 0) is 28.2 Å². The molecule has 0 saturated heterocycles. The van der Waals surface area contributed by atoms with E-state index in [1.54, 1.807) is 17.0 Å². The van der Waals surface area contributed by atoms with Gasteiger partial charge in [-0.2, -0.15) is 0 Å². The van der Waals surface area contributed by atoms with Crippen LogP contribution in [0.2, 0.25) is 0 Å². The molecule has 0 bridgehead atoms. The third-order valence-corrected chi connectivity index (χ3v) is 4.50. The highest BCUT2D eigenvalue weighted by Crippen LogP contribution is 2.23. The Morgan fingerprint density at radius 3 is 2.36 bits per heavy atom. The number of carbonyl (C=O) groups excluding carboxylic acids is 1. The summed E-state index contributed by atoms with van der Waals surface area (Å²) in [6.07, 6.45) is 3.53. The van der Waals surface area contributed by atoms with Crippen LogP contribution in [0.3, 0.4) is 0 Å². The molecule has 0 unspecified atom stereocenters. The molecule has 0 aliphatic carbocycles. The second kappa shape index (κ2) is 8.21. The van der Waals surface area contributed by atoms with Crippen LogP contribution in [-0.4, -0.2) is 28.1 Å². The van der Waals surface area contributed by atoms with E-state index in [0.717, 1.165) is 11.1 Å². The van der Waals surface area contributed by atoms with Gasteiger partial charge in [-0.25, -0.2) is 9.48 Å². The molecule has 0 spiro atoms. The van der Waals surface area contributed by atoms with Crippen LogP contribution < -0.4 is 0 Å². The first-order valence-electron chi connectivity index (χ1n) is 9.22. The van der Waals surface area contributed by atoms with E-state index in [4.69, 9.17) is 4.74 Å². The number of nitrogens with zero attached hydrogens (tertiary/aromatic N) is 3. The summed E-state index contributed by atoms with van der Waals surface area (Å²) in [6, 6.07) is 18.1. The highest BCUT2D eigenvalue weighted by Gasteiger charge is 2.17. The number of aromatic nitrogens is 3. The number of hydrogen-bond acceptors (Lipinski definition) is 4. The molecule has 144 valence electrons. The Balaban J connectivity index is 1.83. The van der Waals surface area contributed by atoms with Crippen molar-refractivity contribution in [2.75, 3.05) is 7.11 Å². The predicted octanol–water partition coefficient (Wildman–Crippen LogP) is 4.34. The summed E-state index contributed by atoms with van der Waals surface area (Å²) in [5, 5.41) is 8.36. The Hall–Kier alpha value is -3.21. The van der Waals surface area contributed by atoms with E-state index >= 15 is 0 Å². The van der Waals surface area contributed by atoms with Crippen molar-refractivity contribution >= 4 is 17.6 Å². The minimum atomic E-state index is -0.439. The quantitative estimate of drug-likeness (QED) is 0.492. The average molecular weight is 375 g/mol. The lowest BCUT2D eigenvalue weighted by Crippen LogP contribution is -2.11. The van der Waals surface area contributed by atoms with Gasteiger partial charge in [-0.3, -0.25) is 0 Å². The van der Waals surface area contributed by atoms with Crippen LogP contribution >= 0.6 is 0 Å². The zero-order valence-electron chi connectivity index (χ0n) is 16.7. The number of rotatable bonds is 5. The van der Waals surface area contributed by atoms with Crippen LogP contribution in [0.5, 0.6) is 0 Å². The van der Waals surface area contributed by atoms with Gasteiger partial charge >= 0.3 is 5.97 Å². The topological polar surface area (TPSA) is 57.0 Å². The van der Waals surface area contributed by atoms with Crippen molar-refractivity contribution in [3.05, 3.63) is 83.2 Å². The summed E-state index contributed by atoms with van der Waals surface area (Å²) in [7, 11) is 1.36. The summed E-state index contributed by atoms with van der Waals surface area (Å²) >= 11 is 0. The fraction of sp³-hybridized carbons (Fsp3) is 0.261. The second-order valence-electron chi connectivity index (χ2n) is 7.71. The Morgan fingerprint density at radius 2 is 1.75 bits per heavy atom. The van der Waals surface area contributed by atoms with E-state index < -0.39 is 5.97 Å². The van der Waals surface area contributed by atoms with Crippen molar-refractivity contribution in [1.29, 1.82) is 0 Å². The number of carbonyl (C=O) groups is 1. The van der Waals surface area contributed by atoms with Crippen molar-refractivity contribution in [3.8, 4) is 0 Å². The van der Waals surface area contributed by atoms with E-state index in [0.29, 0.717) is 17.8 Å². The van der Waals surface area contributed by atoms with Crippen LogP contribution in [0.25, 0.3) is 11.6 Å². The molecule has 0 N–H and O–H groups in total. The Bertz CT molecular complexity index is 965. The number of hydrogen-bond donors (Lipinski definition) is 0. The summed E-state index contributed by atoms with van der Waals surface area (Å²) in [4.78, 5) is 12.2. The Labute approximate surface area is 165 Å². The fourth-order valence-electron chi connectivity index (χ4n) is 2.86. The monoisotopic (exact) mass is 375 g/mol. The first-order chi connectivity index (χ1) is 13.4. The smallest absolute Gasteiger partial charge is 0.340 e. The predicted molar refractivity (Wildman–Crippen MR) is 111 cm³/mol. The second-order valence-corrected chi connectivity index (χ2v) is 7.71. The van der Waals surface area contributed by atoms with E-state index in [1.807, 2.05) is 30.3 Å². The highest BCUT2D eigenvalue weighted by molar-refractivity contribution is 6.20. The van der Waals surface area contributed by atoms with Gasteiger partial charge in [0.1, 0.15) is 5.69 Å². The van der Waals surface area contributed by atoms with E-state index in [9.17, 15) is 4.79 Å². The van der Waals surface area contributed by atoms with Crippen molar-refractivity contribution in [2.45, 2.75) is 32.7 Å². The summed E-state index contributed by atoms with van der Waals surface area (Å²) < 4.78 is 6.65. The third kappa shape index (κ3) is 4.74. The summed E-state index contributed by atoms with van der Waals surface area (Å²) in [5.74, 6) is -0.439. The van der Waals surface area contributed by atoms with Gasteiger partial charge in [0.15, 0.2) is 0 Å². The SMILES string of the molecule is COC(=O)C(=Cc1ccccc1)c1cn(Cc2ccc(C(C)(C)C)cc2)nn1. The van der Waals surface area contributed by atoms with Gasteiger partial charge in [0, 0.05) is 0 Å². The summed E-state index contributed by atoms with van der Waals surface area (Å²) in [5.41, 5.74) is 4.29. The molecule has 0 aliphatic heterocycles. The molecule has 2 aromatic carbocycles. The standard InChI is InChI=1S/C23H25N3O2/c1-23(2,3)19-12-10-18(11-13-19)15-26-16-21(24-25-26)20(22(27)28-4)14-17-8-6-5-7-9-17/h5-14,16H,15H2,1-4H3. The largest absolute Gasteiger partial charge is 0.465 e. The third-order valence-electron chi connectivity index (χ3n) is 4.50. The molecule has 1 aromatic heterocycles. The fourth-order valence-corrected chi connectivity index (χ4v) is 2.86. The molecule has 3 aromatic rings. The lowest BCUT2D eigenvalue weighted by atomic mass is 9.87. The molecule has 0 fully saturated rings. The molecule has 5 heteroatoms. The van der Waals surface area contributed by atoms with Crippen molar-refractivity contribution in [1.82, 2.24) is 15.0 Å². The van der Waals surface area contributed by atoms with Gasteiger partial charge < -0.3 is 4.74 Å². The van der Waals surface area contributed by atoms with Gasteiger partial charge in [0.05, 0.1) is 25.4 Å². The summed E-state index contributed by atoms with van der Waals surface area (Å²) in [6.45, 7) is 7.16. The normalized spacial score (nSPS) is 12.1. The Morgan fingerprint density at radius 1 is 1.07 bits per heavy atom. The molecule has 1 heterocycles. The van der Waals surface area contributed by atoms with Crippen LogP contribution in [0.15, 0.2) is 60.8 Å². The minimum absolute atomic E-state index is 0.122. The van der Waals surface area contributed by atoms with Gasteiger partial charge in [0.2, 0.25) is 0 Å². The molecule has 0 atom stereocenters. The van der Waals surface area contributed by atoms with E-state index in [2.05, 4.69) is 55.3 Å². The van der Waals surface area contributed by atoms with E-state index in [1.165, 1.54) is 12.7 Å². The molecular weight excluding hydrogens is 350 g/mol. The maximum atomic E-state index is 12.2. The maximum absolute atomic E-state index is 12.2. The van der Waals surface area contributed by atoms with Crippen molar-refractivity contribution < 1.29 is 9.53 Å².